The largest absolute Gasteiger partial charge is 0.484 e. The molecule has 3 heterocycles. The first-order valence-electron chi connectivity index (χ1n) is 11.5. The summed E-state index contributed by atoms with van der Waals surface area (Å²) in [5.41, 5.74) is 9.12. The van der Waals surface area contributed by atoms with Crippen molar-refractivity contribution in [2.45, 2.75) is 58.5 Å². The van der Waals surface area contributed by atoms with E-state index in [1.807, 2.05) is 43.5 Å². The SMILES string of the molecule is CC/C=C/C(=C\C(OC(C)c1ccncc1)=C(/C)N)Cc1cnc(C2CCN(C)CC2)s1. The second-order valence-corrected chi connectivity index (χ2v) is 9.68. The van der Waals surface area contributed by atoms with Crippen LogP contribution in [0.3, 0.4) is 0 Å². The number of hydrogen-bond donors (Lipinski definition) is 1. The van der Waals surface area contributed by atoms with Gasteiger partial charge in [-0.3, -0.25) is 4.98 Å². The molecule has 2 N–H and O–H groups in total. The first-order chi connectivity index (χ1) is 15.5. The van der Waals surface area contributed by atoms with Crippen LogP contribution < -0.4 is 5.73 Å². The van der Waals surface area contributed by atoms with Gasteiger partial charge in [0.15, 0.2) is 0 Å². The van der Waals surface area contributed by atoms with Crippen molar-refractivity contribution in [1.82, 2.24) is 14.9 Å². The summed E-state index contributed by atoms with van der Waals surface area (Å²) in [6, 6.07) is 3.94. The molecule has 2 aromatic rings. The molecule has 3 rings (SSSR count). The van der Waals surface area contributed by atoms with Crippen LogP contribution in [0.25, 0.3) is 0 Å². The smallest absolute Gasteiger partial charge is 0.138 e. The zero-order valence-electron chi connectivity index (χ0n) is 19.8. The number of allylic oxidation sites excluding steroid dienone is 5. The Bertz CT molecular complexity index is 936. The second-order valence-electron chi connectivity index (χ2n) is 8.54. The summed E-state index contributed by atoms with van der Waals surface area (Å²) in [6.45, 7) is 8.37. The number of piperidine rings is 1. The van der Waals surface area contributed by atoms with Gasteiger partial charge in [0.1, 0.15) is 11.9 Å². The van der Waals surface area contributed by atoms with Gasteiger partial charge >= 0.3 is 0 Å². The van der Waals surface area contributed by atoms with Crippen molar-refractivity contribution >= 4 is 11.3 Å². The minimum Gasteiger partial charge on any atom is -0.484 e. The Labute approximate surface area is 196 Å². The van der Waals surface area contributed by atoms with E-state index in [0.29, 0.717) is 17.4 Å². The molecule has 1 aliphatic heterocycles. The number of thiazole rings is 1. The number of hydrogen-bond acceptors (Lipinski definition) is 6. The molecule has 1 aliphatic rings. The Morgan fingerprint density at radius 2 is 2.03 bits per heavy atom. The monoisotopic (exact) mass is 452 g/mol. The number of rotatable bonds is 9. The molecule has 32 heavy (non-hydrogen) atoms. The van der Waals surface area contributed by atoms with Crippen LogP contribution in [0.15, 0.2) is 66.0 Å². The summed E-state index contributed by atoms with van der Waals surface area (Å²) in [4.78, 5) is 12.5. The van der Waals surface area contributed by atoms with Crippen molar-refractivity contribution in [3.05, 3.63) is 81.4 Å². The summed E-state index contributed by atoms with van der Waals surface area (Å²) in [5, 5.41) is 1.28. The standard InChI is InChI=1S/C26H36N4OS/c1-5-6-7-21(16-24-18-29-26(32-24)23-10-14-30(4)15-11-23)17-25(19(2)27)31-20(3)22-8-12-28-13-9-22/h6-9,12-13,17-18,20,23H,5,10-11,14-16,27H2,1-4H3/b7-6+,21-17+,25-19-. The molecule has 172 valence electrons. The minimum absolute atomic E-state index is 0.112. The quantitative estimate of drug-likeness (QED) is 0.388. The van der Waals surface area contributed by atoms with Crippen molar-refractivity contribution in [1.29, 1.82) is 0 Å². The number of nitrogens with two attached hydrogens (primary N) is 1. The van der Waals surface area contributed by atoms with E-state index in [1.165, 1.54) is 28.3 Å². The van der Waals surface area contributed by atoms with Gasteiger partial charge in [-0.15, -0.1) is 11.3 Å². The summed E-state index contributed by atoms with van der Waals surface area (Å²) in [7, 11) is 2.20. The van der Waals surface area contributed by atoms with E-state index in [2.05, 4.69) is 42.1 Å². The van der Waals surface area contributed by atoms with Crippen molar-refractivity contribution in [3.63, 3.8) is 0 Å². The molecule has 1 saturated heterocycles. The Hall–Kier alpha value is -2.44. The fourth-order valence-corrected chi connectivity index (χ4v) is 4.90. The molecule has 0 spiro atoms. The molecule has 5 nitrogen and oxygen atoms in total. The fourth-order valence-electron chi connectivity index (χ4n) is 3.78. The van der Waals surface area contributed by atoms with E-state index in [1.54, 1.807) is 12.4 Å². The lowest BCUT2D eigenvalue weighted by atomic mass is 9.98. The third-order valence-electron chi connectivity index (χ3n) is 5.77. The van der Waals surface area contributed by atoms with Crippen LogP contribution in [0.4, 0.5) is 0 Å². The van der Waals surface area contributed by atoms with Crippen molar-refractivity contribution in [2.75, 3.05) is 20.1 Å². The van der Waals surface area contributed by atoms with Crippen LogP contribution in [0.1, 0.15) is 67.5 Å². The highest BCUT2D eigenvalue weighted by molar-refractivity contribution is 7.11. The fraction of sp³-hybridized carbons (Fsp3) is 0.462. The Balaban J connectivity index is 1.76. The lowest BCUT2D eigenvalue weighted by Crippen LogP contribution is -2.29. The third kappa shape index (κ3) is 7.04. The maximum absolute atomic E-state index is 6.26. The minimum atomic E-state index is -0.112. The molecule has 1 unspecified atom stereocenters. The number of likely N-dealkylation sites (tertiary alicyclic amines) is 1. The van der Waals surface area contributed by atoms with E-state index in [9.17, 15) is 0 Å². The molecule has 2 aromatic heterocycles. The third-order valence-corrected chi connectivity index (χ3v) is 6.93. The van der Waals surface area contributed by atoms with Crippen molar-refractivity contribution in [3.8, 4) is 0 Å². The number of pyridine rings is 1. The number of aromatic nitrogens is 2. The molecule has 0 radical (unpaired) electrons. The first kappa shape index (κ1) is 24.2. The van der Waals surface area contributed by atoms with Gasteiger partial charge in [0.05, 0.1) is 5.01 Å². The Morgan fingerprint density at radius 3 is 2.69 bits per heavy atom. The van der Waals surface area contributed by atoms with Gasteiger partial charge in [0.2, 0.25) is 0 Å². The van der Waals surface area contributed by atoms with Gasteiger partial charge in [-0.25, -0.2) is 4.98 Å². The van der Waals surface area contributed by atoms with E-state index >= 15 is 0 Å². The molecular formula is C26H36N4OS. The molecule has 0 aliphatic carbocycles. The second kappa shape index (κ2) is 12.0. The van der Waals surface area contributed by atoms with Crippen LogP contribution in [0, 0.1) is 0 Å². The van der Waals surface area contributed by atoms with Crippen molar-refractivity contribution < 1.29 is 4.74 Å². The molecule has 1 fully saturated rings. The van der Waals surface area contributed by atoms with Crippen LogP contribution >= 0.6 is 11.3 Å². The number of ether oxygens (including phenoxy) is 1. The van der Waals surface area contributed by atoms with E-state index in [4.69, 9.17) is 15.5 Å². The molecule has 0 bridgehead atoms. The van der Waals surface area contributed by atoms with E-state index in [-0.39, 0.29) is 6.10 Å². The van der Waals surface area contributed by atoms with Gasteiger partial charge in [-0.2, -0.15) is 0 Å². The van der Waals surface area contributed by atoms with Gasteiger partial charge in [0.25, 0.3) is 0 Å². The average Bonchev–Trinajstić information content (AvgIpc) is 3.26. The maximum atomic E-state index is 6.26. The highest BCUT2D eigenvalue weighted by Gasteiger charge is 2.21. The van der Waals surface area contributed by atoms with Gasteiger partial charge < -0.3 is 15.4 Å². The zero-order chi connectivity index (χ0) is 22.9. The van der Waals surface area contributed by atoms with Gasteiger partial charge in [-0.1, -0.05) is 19.1 Å². The predicted molar refractivity (Wildman–Crippen MR) is 133 cm³/mol. The molecule has 1 atom stereocenters. The maximum Gasteiger partial charge on any atom is 0.138 e. The average molecular weight is 453 g/mol. The topological polar surface area (TPSA) is 64.3 Å². The summed E-state index contributed by atoms with van der Waals surface area (Å²) < 4.78 is 6.26. The molecule has 0 amide bonds. The predicted octanol–water partition coefficient (Wildman–Crippen LogP) is 5.75. The lowest BCUT2D eigenvalue weighted by molar-refractivity contribution is 0.140. The molecule has 0 saturated carbocycles. The summed E-state index contributed by atoms with van der Waals surface area (Å²) in [6.07, 6.45) is 16.1. The first-order valence-corrected chi connectivity index (χ1v) is 12.3. The lowest BCUT2D eigenvalue weighted by Gasteiger charge is -2.27. The van der Waals surface area contributed by atoms with Crippen molar-refractivity contribution in [2.24, 2.45) is 5.73 Å². The van der Waals surface area contributed by atoms with Crippen LogP contribution in [0.2, 0.25) is 0 Å². The van der Waals surface area contributed by atoms with Crippen LogP contribution in [-0.4, -0.2) is 35.0 Å². The highest BCUT2D eigenvalue weighted by atomic mass is 32.1. The van der Waals surface area contributed by atoms with Gasteiger partial charge in [0, 0.05) is 41.5 Å². The van der Waals surface area contributed by atoms with Gasteiger partial charge in [-0.05, 0) is 82.6 Å². The molecular weight excluding hydrogens is 416 g/mol. The summed E-state index contributed by atoms with van der Waals surface area (Å²) in [5.74, 6) is 1.31. The Morgan fingerprint density at radius 1 is 1.31 bits per heavy atom. The zero-order valence-corrected chi connectivity index (χ0v) is 20.6. The van der Waals surface area contributed by atoms with E-state index in [0.717, 1.165) is 31.5 Å². The Kier molecular flexibility index (Phi) is 9.06. The van der Waals surface area contributed by atoms with E-state index < -0.39 is 0 Å². The molecule has 6 heteroatoms. The summed E-state index contributed by atoms with van der Waals surface area (Å²) >= 11 is 1.85. The molecule has 0 aromatic carbocycles. The number of nitrogens with zero attached hydrogens (tertiary/aromatic N) is 3. The van der Waals surface area contributed by atoms with Crippen LogP contribution in [-0.2, 0) is 11.2 Å². The van der Waals surface area contributed by atoms with Crippen LogP contribution in [0.5, 0.6) is 0 Å². The highest BCUT2D eigenvalue weighted by Crippen LogP contribution is 2.32. The normalized spacial score (nSPS) is 18.1.